The molecule has 1 aliphatic rings. The summed E-state index contributed by atoms with van der Waals surface area (Å²) in [5, 5.41) is 7.89. The van der Waals surface area contributed by atoms with Gasteiger partial charge < -0.3 is 14.2 Å². The number of aromatic amines is 1. The van der Waals surface area contributed by atoms with Crippen LogP contribution in [0.5, 0.6) is 11.5 Å². The van der Waals surface area contributed by atoms with E-state index in [1.165, 1.54) is 0 Å². The zero-order chi connectivity index (χ0) is 24.1. The van der Waals surface area contributed by atoms with Crippen LogP contribution in [-0.4, -0.2) is 58.5 Å². The summed E-state index contributed by atoms with van der Waals surface area (Å²) < 4.78 is 16.7. The van der Waals surface area contributed by atoms with Crippen molar-refractivity contribution in [3.8, 4) is 34.3 Å². The predicted molar refractivity (Wildman–Crippen MR) is 130 cm³/mol. The van der Waals surface area contributed by atoms with E-state index in [0.29, 0.717) is 55.1 Å². The van der Waals surface area contributed by atoms with Gasteiger partial charge in [-0.3, -0.25) is 14.8 Å². The van der Waals surface area contributed by atoms with Crippen LogP contribution in [-0.2, 0) is 16.1 Å². The fourth-order valence-electron chi connectivity index (χ4n) is 3.75. The van der Waals surface area contributed by atoms with Crippen LogP contribution in [0.25, 0.3) is 22.8 Å². The number of nitrogens with one attached hydrogen (secondary N) is 1. The Hall–Kier alpha value is -3.10. The van der Waals surface area contributed by atoms with Crippen molar-refractivity contribution in [1.82, 2.24) is 20.1 Å². The summed E-state index contributed by atoms with van der Waals surface area (Å²) in [7, 11) is 0. The molecule has 1 aliphatic heterocycles. The van der Waals surface area contributed by atoms with Crippen LogP contribution in [0.1, 0.15) is 32.8 Å². The molecule has 0 atom stereocenters. The van der Waals surface area contributed by atoms with Gasteiger partial charge in [-0.2, -0.15) is 5.10 Å². The van der Waals surface area contributed by atoms with Gasteiger partial charge in [-0.05, 0) is 45.0 Å². The normalized spacial score (nSPS) is 13.8. The number of hydrogen-bond acceptors (Lipinski definition) is 7. The van der Waals surface area contributed by atoms with Gasteiger partial charge in [0.05, 0.1) is 24.2 Å². The second-order valence-corrected chi connectivity index (χ2v) is 8.73. The zero-order valence-electron chi connectivity index (χ0n) is 19.6. The van der Waals surface area contributed by atoms with Crippen LogP contribution in [0.15, 0.2) is 36.4 Å². The Morgan fingerprint density at radius 1 is 1.24 bits per heavy atom. The number of ether oxygens (including phenoxy) is 3. The molecule has 1 N–H and O–H groups in total. The highest BCUT2D eigenvalue weighted by Gasteiger charge is 2.18. The van der Waals surface area contributed by atoms with E-state index in [9.17, 15) is 4.79 Å². The van der Waals surface area contributed by atoms with Crippen molar-refractivity contribution in [2.24, 2.45) is 0 Å². The topological polar surface area (TPSA) is 89.6 Å². The van der Waals surface area contributed by atoms with E-state index in [-0.39, 0.29) is 12.1 Å². The zero-order valence-corrected chi connectivity index (χ0v) is 20.4. The van der Waals surface area contributed by atoms with Gasteiger partial charge in [0.1, 0.15) is 18.1 Å². The molecule has 0 saturated heterocycles. The Kier molecular flexibility index (Phi) is 7.70. The van der Waals surface area contributed by atoms with Crippen molar-refractivity contribution in [3.05, 3.63) is 47.0 Å². The summed E-state index contributed by atoms with van der Waals surface area (Å²) in [6.07, 6.45) is 0.412. The fraction of sp³-hybridized carbons (Fsp3) is 0.400. The van der Waals surface area contributed by atoms with Crippen molar-refractivity contribution < 1.29 is 19.0 Å². The molecule has 1 aromatic heterocycles. The van der Waals surface area contributed by atoms with Crippen molar-refractivity contribution in [3.63, 3.8) is 0 Å². The van der Waals surface area contributed by atoms with Crippen molar-refractivity contribution in [1.29, 1.82) is 0 Å². The van der Waals surface area contributed by atoms with E-state index in [1.807, 2.05) is 51.1 Å². The summed E-state index contributed by atoms with van der Waals surface area (Å²) in [5.74, 6) is 2.47. The Labute approximate surface area is 204 Å². The molecule has 0 unspecified atom stereocenters. The number of carbonyl (C=O) groups is 1. The SMILES string of the molecule is CCOC(=O)CCN1CCOc2cc(-c3nc(-c4ccc(OC(C)C)c(Cl)c4)n[nH]3)ccc2C1. The molecule has 0 radical (unpaired) electrons. The molecule has 0 saturated carbocycles. The first-order valence-corrected chi connectivity index (χ1v) is 11.8. The molecule has 8 nitrogen and oxygen atoms in total. The molecule has 34 heavy (non-hydrogen) atoms. The number of esters is 1. The van der Waals surface area contributed by atoms with Gasteiger partial charge in [0.25, 0.3) is 0 Å². The summed E-state index contributed by atoms with van der Waals surface area (Å²) in [6.45, 7) is 8.77. The summed E-state index contributed by atoms with van der Waals surface area (Å²) in [6, 6.07) is 11.5. The number of H-pyrrole nitrogens is 1. The molecule has 2 heterocycles. The monoisotopic (exact) mass is 484 g/mol. The highest BCUT2D eigenvalue weighted by molar-refractivity contribution is 6.32. The number of fused-ring (bicyclic) bond motifs is 1. The second kappa shape index (κ2) is 10.9. The molecular weight excluding hydrogens is 456 g/mol. The molecule has 0 amide bonds. The van der Waals surface area contributed by atoms with E-state index < -0.39 is 0 Å². The van der Waals surface area contributed by atoms with Crippen molar-refractivity contribution in [2.75, 3.05) is 26.3 Å². The van der Waals surface area contributed by atoms with Gasteiger partial charge in [-0.25, -0.2) is 4.98 Å². The van der Waals surface area contributed by atoms with Gasteiger partial charge in [0, 0.05) is 36.3 Å². The van der Waals surface area contributed by atoms with E-state index in [1.54, 1.807) is 6.07 Å². The van der Waals surface area contributed by atoms with Crippen LogP contribution in [0.4, 0.5) is 0 Å². The van der Waals surface area contributed by atoms with Crippen LogP contribution < -0.4 is 9.47 Å². The number of carbonyl (C=O) groups excluding carboxylic acids is 1. The number of hydrogen-bond donors (Lipinski definition) is 1. The van der Waals surface area contributed by atoms with Gasteiger partial charge in [0.15, 0.2) is 11.6 Å². The molecule has 3 aromatic rings. The number of halogens is 1. The summed E-state index contributed by atoms with van der Waals surface area (Å²) >= 11 is 6.37. The molecular formula is C25H29ClN4O4. The molecule has 0 aliphatic carbocycles. The molecule has 0 spiro atoms. The molecule has 9 heteroatoms. The van der Waals surface area contributed by atoms with E-state index in [4.69, 9.17) is 25.8 Å². The molecule has 4 rings (SSSR count). The Morgan fingerprint density at radius 3 is 2.82 bits per heavy atom. The van der Waals surface area contributed by atoms with E-state index in [2.05, 4.69) is 20.1 Å². The van der Waals surface area contributed by atoms with Gasteiger partial charge in [0.2, 0.25) is 0 Å². The third-order valence-electron chi connectivity index (χ3n) is 5.38. The smallest absolute Gasteiger partial charge is 0.307 e. The van der Waals surface area contributed by atoms with E-state index >= 15 is 0 Å². The van der Waals surface area contributed by atoms with Crippen LogP contribution in [0.3, 0.4) is 0 Å². The highest BCUT2D eigenvalue weighted by atomic mass is 35.5. The van der Waals surface area contributed by atoms with Crippen molar-refractivity contribution in [2.45, 2.75) is 39.8 Å². The van der Waals surface area contributed by atoms with Crippen LogP contribution in [0.2, 0.25) is 5.02 Å². The lowest BCUT2D eigenvalue weighted by Crippen LogP contribution is -2.28. The quantitative estimate of drug-likeness (QED) is 0.462. The first-order valence-electron chi connectivity index (χ1n) is 11.5. The average molecular weight is 485 g/mol. The highest BCUT2D eigenvalue weighted by Crippen LogP contribution is 2.32. The lowest BCUT2D eigenvalue weighted by molar-refractivity contribution is -0.143. The van der Waals surface area contributed by atoms with Gasteiger partial charge in [-0.1, -0.05) is 23.7 Å². The Balaban J connectivity index is 1.47. The number of nitrogens with zero attached hydrogens (tertiary/aromatic N) is 3. The maximum absolute atomic E-state index is 11.7. The maximum Gasteiger partial charge on any atom is 0.307 e. The predicted octanol–water partition coefficient (Wildman–Crippen LogP) is 4.73. The van der Waals surface area contributed by atoms with Gasteiger partial charge in [-0.15, -0.1) is 0 Å². The minimum Gasteiger partial charge on any atom is -0.492 e. The maximum atomic E-state index is 11.7. The average Bonchev–Trinajstić information content (AvgIpc) is 3.20. The number of rotatable bonds is 8. The number of aromatic nitrogens is 3. The standard InChI is InChI=1S/C25H29ClN4O4/c1-4-32-23(31)9-10-30-11-12-33-22-14-18(5-6-19(22)15-30)25-27-24(28-29-25)17-7-8-21(20(26)13-17)34-16(2)3/h5-8,13-14,16H,4,9-12,15H2,1-3H3,(H,27,28,29). The lowest BCUT2D eigenvalue weighted by atomic mass is 10.1. The Bertz CT molecular complexity index is 1150. The third-order valence-corrected chi connectivity index (χ3v) is 5.67. The molecule has 180 valence electrons. The second-order valence-electron chi connectivity index (χ2n) is 8.32. The van der Waals surface area contributed by atoms with E-state index in [0.717, 1.165) is 29.0 Å². The van der Waals surface area contributed by atoms with Gasteiger partial charge >= 0.3 is 5.97 Å². The van der Waals surface area contributed by atoms with Crippen LogP contribution in [0, 0.1) is 0 Å². The first kappa shape index (κ1) is 24.0. The molecule has 2 aromatic carbocycles. The summed E-state index contributed by atoms with van der Waals surface area (Å²) in [4.78, 5) is 18.5. The lowest BCUT2D eigenvalue weighted by Gasteiger charge is -2.18. The number of benzene rings is 2. The minimum atomic E-state index is -0.173. The molecule has 0 fully saturated rings. The first-order chi connectivity index (χ1) is 16.4. The van der Waals surface area contributed by atoms with Crippen molar-refractivity contribution >= 4 is 17.6 Å². The molecule has 0 bridgehead atoms. The minimum absolute atomic E-state index is 0.0403. The third kappa shape index (κ3) is 5.87. The Morgan fingerprint density at radius 2 is 2.06 bits per heavy atom. The largest absolute Gasteiger partial charge is 0.492 e. The fourth-order valence-corrected chi connectivity index (χ4v) is 3.98. The van der Waals surface area contributed by atoms with Crippen LogP contribution >= 0.6 is 11.6 Å². The summed E-state index contributed by atoms with van der Waals surface area (Å²) in [5.41, 5.74) is 2.74.